The van der Waals surface area contributed by atoms with Gasteiger partial charge in [0, 0.05) is 56.1 Å². The first-order chi connectivity index (χ1) is 13.4. The lowest BCUT2D eigenvalue weighted by atomic mass is 10.0. The van der Waals surface area contributed by atoms with E-state index in [2.05, 4.69) is 10.1 Å². The first-order valence-electron chi connectivity index (χ1n) is 8.92. The number of Topliss-reactive ketones (excluding diaryl/α,β-unsaturated/α-hetero) is 1. The van der Waals surface area contributed by atoms with Crippen LogP contribution in [0.4, 0.5) is 5.69 Å². The van der Waals surface area contributed by atoms with Gasteiger partial charge >= 0.3 is 0 Å². The van der Waals surface area contributed by atoms with Crippen LogP contribution < -0.4 is 4.90 Å². The van der Waals surface area contributed by atoms with Crippen molar-refractivity contribution in [2.45, 2.75) is 19.8 Å². The fourth-order valence-corrected chi connectivity index (χ4v) is 3.17. The summed E-state index contributed by atoms with van der Waals surface area (Å²) in [5.74, 6) is -0.0531. The highest BCUT2D eigenvalue weighted by atomic mass is 35.5. The number of carbonyl (C=O) groups excluding carboxylic acids is 2. The molecular weight excluding hydrogens is 376 g/mol. The predicted octanol–water partition coefficient (Wildman–Crippen LogP) is 3.93. The molecule has 1 aromatic carbocycles. The lowest BCUT2D eigenvalue weighted by molar-refractivity contribution is -0.118. The molecule has 3 aromatic rings. The number of pyridine rings is 1. The number of aryl methyl sites for hydroxylation is 1. The minimum absolute atomic E-state index is 0.0157. The number of hydrogen-bond acceptors (Lipinski definition) is 4. The SMILES string of the molecule is CCC(=O)N(C)c1ccc(-c2ccc(C(=O)Cc3cnn(C)c3)nc2)c(Cl)c1. The van der Waals surface area contributed by atoms with Crippen LogP contribution in [0.5, 0.6) is 0 Å². The number of anilines is 1. The van der Waals surface area contributed by atoms with E-state index >= 15 is 0 Å². The second-order valence-electron chi connectivity index (χ2n) is 6.52. The summed E-state index contributed by atoms with van der Waals surface area (Å²) in [7, 11) is 3.54. The third-order valence-corrected chi connectivity index (χ3v) is 4.81. The highest BCUT2D eigenvalue weighted by Crippen LogP contribution is 2.31. The van der Waals surface area contributed by atoms with Gasteiger partial charge in [-0.3, -0.25) is 19.3 Å². The van der Waals surface area contributed by atoms with Gasteiger partial charge in [0.25, 0.3) is 0 Å². The molecule has 0 atom stereocenters. The van der Waals surface area contributed by atoms with Crippen molar-refractivity contribution in [1.82, 2.24) is 14.8 Å². The number of amides is 1. The van der Waals surface area contributed by atoms with E-state index in [1.807, 2.05) is 38.4 Å². The topological polar surface area (TPSA) is 68.1 Å². The van der Waals surface area contributed by atoms with E-state index in [-0.39, 0.29) is 18.1 Å². The van der Waals surface area contributed by atoms with Crippen molar-refractivity contribution in [3.05, 3.63) is 65.2 Å². The molecule has 0 fully saturated rings. The second kappa shape index (κ2) is 8.35. The fourth-order valence-electron chi connectivity index (χ4n) is 2.89. The fraction of sp³-hybridized carbons (Fsp3) is 0.238. The van der Waals surface area contributed by atoms with E-state index in [4.69, 9.17) is 11.6 Å². The smallest absolute Gasteiger partial charge is 0.226 e. The molecule has 0 aliphatic rings. The Morgan fingerprint density at radius 2 is 1.96 bits per heavy atom. The van der Waals surface area contributed by atoms with Crippen LogP contribution in [0, 0.1) is 0 Å². The summed E-state index contributed by atoms with van der Waals surface area (Å²) < 4.78 is 1.66. The Morgan fingerprint density at radius 3 is 2.54 bits per heavy atom. The molecular formula is C21H21ClN4O2. The molecule has 0 spiro atoms. The van der Waals surface area contributed by atoms with Crippen LogP contribution in [0.3, 0.4) is 0 Å². The molecule has 2 heterocycles. The Balaban J connectivity index is 1.77. The maximum Gasteiger partial charge on any atom is 0.226 e. The number of benzene rings is 1. The Morgan fingerprint density at radius 1 is 1.18 bits per heavy atom. The van der Waals surface area contributed by atoms with E-state index in [1.54, 1.807) is 41.2 Å². The first kappa shape index (κ1) is 19.8. The number of ketones is 1. The van der Waals surface area contributed by atoms with E-state index in [0.29, 0.717) is 17.1 Å². The van der Waals surface area contributed by atoms with Gasteiger partial charge in [-0.15, -0.1) is 0 Å². The summed E-state index contributed by atoms with van der Waals surface area (Å²) >= 11 is 6.43. The standard InChI is InChI=1S/C21H21ClN4O2/c1-4-21(28)26(3)16-6-7-17(18(22)10-16)15-5-8-19(23-12-15)20(27)9-14-11-24-25(2)13-14/h5-8,10-13H,4,9H2,1-3H3. The molecule has 144 valence electrons. The van der Waals surface area contributed by atoms with Crippen molar-refractivity contribution < 1.29 is 9.59 Å². The molecule has 0 saturated heterocycles. The van der Waals surface area contributed by atoms with E-state index in [9.17, 15) is 9.59 Å². The summed E-state index contributed by atoms with van der Waals surface area (Å²) in [5, 5.41) is 4.59. The van der Waals surface area contributed by atoms with Crippen molar-refractivity contribution in [1.29, 1.82) is 0 Å². The Hall–Kier alpha value is -2.99. The van der Waals surface area contributed by atoms with Crippen molar-refractivity contribution in [2.24, 2.45) is 7.05 Å². The number of rotatable bonds is 6. The summed E-state index contributed by atoms with van der Waals surface area (Å²) in [6.45, 7) is 1.82. The molecule has 6 nitrogen and oxygen atoms in total. The van der Waals surface area contributed by atoms with Gasteiger partial charge in [-0.05, 0) is 23.8 Å². The van der Waals surface area contributed by atoms with Gasteiger partial charge in [-0.2, -0.15) is 5.10 Å². The Bertz CT molecular complexity index is 1010. The first-order valence-corrected chi connectivity index (χ1v) is 9.30. The largest absolute Gasteiger partial charge is 0.315 e. The number of carbonyl (C=O) groups is 2. The van der Waals surface area contributed by atoms with Gasteiger partial charge in [0.2, 0.25) is 5.91 Å². The monoisotopic (exact) mass is 396 g/mol. The summed E-state index contributed by atoms with van der Waals surface area (Å²) in [6, 6.07) is 8.98. The summed E-state index contributed by atoms with van der Waals surface area (Å²) in [4.78, 5) is 30.1. The summed E-state index contributed by atoms with van der Waals surface area (Å²) in [6.07, 6.45) is 5.81. The number of hydrogen-bond donors (Lipinski definition) is 0. The van der Waals surface area contributed by atoms with Crippen LogP contribution in [-0.4, -0.2) is 33.5 Å². The molecule has 7 heteroatoms. The zero-order chi connectivity index (χ0) is 20.3. The normalized spacial score (nSPS) is 10.7. The molecule has 0 unspecified atom stereocenters. The lowest BCUT2D eigenvalue weighted by Gasteiger charge is -2.17. The third-order valence-electron chi connectivity index (χ3n) is 4.50. The Labute approximate surface area is 168 Å². The van der Waals surface area contributed by atoms with Gasteiger partial charge < -0.3 is 4.90 Å². The van der Waals surface area contributed by atoms with Crippen LogP contribution in [0.2, 0.25) is 5.02 Å². The summed E-state index contributed by atoms with van der Waals surface area (Å²) in [5.41, 5.74) is 3.58. The van der Waals surface area contributed by atoms with E-state index < -0.39 is 0 Å². The van der Waals surface area contributed by atoms with E-state index in [1.165, 1.54) is 0 Å². The van der Waals surface area contributed by atoms with Crippen LogP contribution in [-0.2, 0) is 18.3 Å². The van der Waals surface area contributed by atoms with Crippen LogP contribution in [0.1, 0.15) is 29.4 Å². The van der Waals surface area contributed by atoms with Gasteiger partial charge in [-0.1, -0.05) is 30.7 Å². The number of nitrogens with zero attached hydrogens (tertiary/aromatic N) is 4. The lowest BCUT2D eigenvalue weighted by Crippen LogP contribution is -2.24. The Kier molecular flexibility index (Phi) is 5.90. The zero-order valence-corrected chi connectivity index (χ0v) is 16.8. The van der Waals surface area contributed by atoms with Crippen LogP contribution in [0.25, 0.3) is 11.1 Å². The molecule has 1 amide bonds. The second-order valence-corrected chi connectivity index (χ2v) is 6.93. The molecule has 0 aliphatic heterocycles. The molecule has 0 aliphatic carbocycles. The molecule has 3 rings (SSSR count). The average Bonchev–Trinajstić information content (AvgIpc) is 3.11. The van der Waals surface area contributed by atoms with Crippen molar-refractivity contribution >= 4 is 29.0 Å². The molecule has 2 aromatic heterocycles. The minimum atomic E-state index is -0.0688. The predicted molar refractivity (Wildman–Crippen MR) is 110 cm³/mol. The molecule has 0 bridgehead atoms. The van der Waals surface area contributed by atoms with Crippen molar-refractivity contribution in [2.75, 3.05) is 11.9 Å². The number of aromatic nitrogens is 3. The van der Waals surface area contributed by atoms with Crippen molar-refractivity contribution in [3.63, 3.8) is 0 Å². The van der Waals surface area contributed by atoms with Gasteiger partial charge in [0.15, 0.2) is 5.78 Å². The highest BCUT2D eigenvalue weighted by molar-refractivity contribution is 6.33. The van der Waals surface area contributed by atoms with Crippen LogP contribution >= 0.6 is 11.6 Å². The molecule has 0 N–H and O–H groups in total. The third kappa shape index (κ3) is 4.28. The van der Waals surface area contributed by atoms with Gasteiger partial charge in [0.1, 0.15) is 5.69 Å². The maximum absolute atomic E-state index is 12.4. The van der Waals surface area contributed by atoms with Crippen molar-refractivity contribution in [3.8, 4) is 11.1 Å². The molecule has 28 heavy (non-hydrogen) atoms. The minimum Gasteiger partial charge on any atom is -0.315 e. The maximum atomic E-state index is 12.4. The van der Waals surface area contributed by atoms with Crippen LogP contribution in [0.15, 0.2) is 48.9 Å². The highest BCUT2D eigenvalue weighted by Gasteiger charge is 2.13. The van der Waals surface area contributed by atoms with Gasteiger partial charge in [0.05, 0.1) is 11.2 Å². The molecule has 0 saturated carbocycles. The average molecular weight is 397 g/mol. The molecule has 0 radical (unpaired) electrons. The van der Waals surface area contributed by atoms with Gasteiger partial charge in [-0.25, -0.2) is 0 Å². The quantitative estimate of drug-likeness (QED) is 0.592. The van der Waals surface area contributed by atoms with E-state index in [0.717, 1.165) is 22.4 Å². The number of halogens is 1. The zero-order valence-electron chi connectivity index (χ0n) is 16.0.